The molecule has 0 saturated carbocycles. The van der Waals surface area contributed by atoms with E-state index in [2.05, 4.69) is 21.2 Å². The summed E-state index contributed by atoms with van der Waals surface area (Å²) in [7, 11) is 0. The van der Waals surface area contributed by atoms with Gasteiger partial charge in [-0.05, 0) is 28.9 Å². The summed E-state index contributed by atoms with van der Waals surface area (Å²) in [5, 5.41) is 2.71. The summed E-state index contributed by atoms with van der Waals surface area (Å²) >= 11 is 3.13. The number of carbonyl (C=O) groups excluding carboxylic acids is 1. The fourth-order valence-electron chi connectivity index (χ4n) is 0.932. The molecule has 1 N–H and O–H groups in total. The zero-order valence-corrected chi connectivity index (χ0v) is 9.46. The molecule has 78 valence electrons. The van der Waals surface area contributed by atoms with Crippen molar-refractivity contribution in [3.63, 3.8) is 0 Å². The minimum atomic E-state index is -0.162. The number of nitrogens with one attached hydrogen (secondary N) is 1. The number of ether oxygens (including phenoxy) is 1. The van der Waals surface area contributed by atoms with Crippen LogP contribution in [0, 0.1) is 0 Å². The highest BCUT2D eigenvalue weighted by Crippen LogP contribution is 2.16. The molecule has 1 aromatic rings. The molecule has 0 radical (unpaired) electrons. The normalized spacial score (nSPS) is 10.1. The summed E-state index contributed by atoms with van der Waals surface area (Å²) in [4.78, 5) is 11.4. The number of hydrogen-bond donors (Lipinski definition) is 1. The molecule has 0 spiro atoms. The molecule has 0 aliphatic rings. The van der Waals surface area contributed by atoms with E-state index in [0.717, 1.165) is 0 Å². The average Bonchev–Trinajstić information content (AvgIpc) is 2.59. The Hall–Kier alpha value is -0.810. The number of halogens is 1. The van der Waals surface area contributed by atoms with Crippen molar-refractivity contribution in [1.29, 1.82) is 0 Å². The molecular formula is C9H12BrNO3. The molecule has 1 heterocycles. The highest BCUT2D eigenvalue weighted by molar-refractivity contribution is 9.10. The van der Waals surface area contributed by atoms with Crippen LogP contribution in [0.3, 0.4) is 0 Å². The molecule has 0 fully saturated rings. The third kappa shape index (κ3) is 3.16. The number of hydrogen-bond acceptors (Lipinski definition) is 3. The lowest BCUT2D eigenvalue weighted by Crippen LogP contribution is -2.27. The predicted octanol–water partition coefficient (Wildman–Crippen LogP) is 1.81. The van der Waals surface area contributed by atoms with Gasteiger partial charge in [0.05, 0.1) is 18.4 Å². The van der Waals surface area contributed by atoms with Crippen LogP contribution >= 0.6 is 15.9 Å². The summed E-state index contributed by atoms with van der Waals surface area (Å²) in [6.45, 7) is 3.60. The first-order valence-corrected chi connectivity index (χ1v) is 5.14. The Bertz CT molecular complexity index is 298. The molecule has 1 amide bonds. The molecule has 0 aromatic carbocycles. The molecule has 0 bridgehead atoms. The van der Waals surface area contributed by atoms with Gasteiger partial charge >= 0.3 is 0 Å². The summed E-state index contributed by atoms with van der Waals surface area (Å²) in [6, 6.07) is 1.61. The van der Waals surface area contributed by atoms with Crippen LogP contribution in [0.15, 0.2) is 21.4 Å². The lowest BCUT2D eigenvalue weighted by atomic mass is 10.3. The van der Waals surface area contributed by atoms with E-state index >= 15 is 0 Å². The van der Waals surface area contributed by atoms with Crippen LogP contribution in [0.5, 0.6) is 0 Å². The molecular weight excluding hydrogens is 250 g/mol. The monoisotopic (exact) mass is 261 g/mol. The molecule has 0 atom stereocenters. The van der Waals surface area contributed by atoms with Gasteiger partial charge in [-0.1, -0.05) is 0 Å². The predicted molar refractivity (Wildman–Crippen MR) is 55.2 cm³/mol. The molecule has 0 aliphatic heterocycles. The van der Waals surface area contributed by atoms with Gasteiger partial charge in [0.1, 0.15) is 0 Å². The van der Waals surface area contributed by atoms with E-state index in [9.17, 15) is 4.79 Å². The Morgan fingerprint density at radius 3 is 3.07 bits per heavy atom. The SMILES string of the molecule is CCOCCNC(=O)c1ccoc1Br. The maximum Gasteiger partial charge on any atom is 0.255 e. The largest absolute Gasteiger partial charge is 0.457 e. The van der Waals surface area contributed by atoms with E-state index in [0.29, 0.717) is 30.0 Å². The highest BCUT2D eigenvalue weighted by Gasteiger charge is 2.11. The van der Waals surface area contributed by atoms with Gasteiger partial charge < -0.3 is 14.5 Å². The second-order valence-electron chi connectivity index (χ2n) is 2.56. The average molecular weight is 262 g/mol. The summed E-state index contributed by atoms with van der Waals surface area (Å²) in [5.74, 6) is -0.162. The van der Waals surface area contributed by atoms with E-state index in [-0.39, 0.29) is 5.91 Å². The van der Waals surface area contributed by atoms with E-state index in [4.69, 9.17) is 9.15 Å². The van der Waals surface area contributed by atoms with Crippen molar-refractivity contribution < 1.29 is 13.9 Å². The Labute approximate surface area is 90.7 Å². The quantitative estimate of drug-likeness (QED) is 0.823. The first-order valence-electron chi connectivity index (χ1n) is 4.34. The van der Waals surface area contributed by atoms with E-state index in [1.807, 2.05) is 6.92 Å². The molecule has 14 heavy (non-hydrogen) atoms. The minimum absolute atomic E-state index is 0.162. The summed E-state index contributed by atoms with van der Waals surface area (Å²) < 4.78 is 10.5. The van der Waals surface area contributed by atoms with Crippen LogP contribution in [-0.2, 0) is 4.74 Å². The lowest BCUT2D eigenvalue weighted by molar-refractivity contribution is 0.0921. The first-order chi connectivity index (χ1) is 6.75. The molecule has 0 unspecified atom stereocenters. The molecule has 1 aromatic heterocycles. The van der Waals surface area contributed by atoms with Gasteiger partial charge in [0.25, 0.3) is 5.91 Å². The lowest BCUT2D eigenvalue weighted by Gasteiger charge is -2.03. The van der Waals surface area contributed by atoms with Crippen molar-refractivity contribution in [3.05, 3.63) is 22.6 Å². The Balaban J connectivity index is 2.32. The second-order valence-corrected chi connectivity index (χ2v) is 3.28. The zero-order valence-electron chi connectivity index (χ0n) is 7.88. The van der Waals surface area contributed by atoms with Gasteiger partial charge in [-0.25, -0.2) is 0 Å². The third-order valence-electron chi connectivity index (χ3n) is 1.60. The van der Waals surface area contributed by atoms with Gasteiger partial charge in [0.2, 0.25) is 0 Å². The fourth-order valence-corrected chi connectivity index (χ4v) is 1.35. The third-order valence-corrected chi connectivity index (χ3v) is 2.21. The topological polar surface area (TPSA) is 51.5 Å². The van der Waals surface area contributed by atoms with Gasteiger partial charge in [-0.15, -0.1) is 0 Å². The van der Waals surface area contributed by atoms with Gasteiger partial charge in [0.15, 0.2) is 4.67 Å². The van der Waals surface area contributed by atoms with Crippen LogP contribution < -0.4 is 5.32 Å². The number of amides is 1. The van der Waals surface area contributed by atoms with Crippen molar-refractivity contribution >= 4 is 21.8 Å². The standard InChI is InChI=1S/C9H12BrNO3/c1-2-13-6-4-11-9(12)7-3-5-14-8(7)10/h3,5H,2,4,6H2,1H3,(H,11,12). The van der Waals surface area contributed by atoms with Crippen LogP contribution in [0.2, 0.25) is 0 Å². The smallest absolute Gasteiger partial charge is 0.255 e. The number of furan rings is 1. The second kappa shape index (κ2) is 5.82. The molecule has 4 nitrogen and oxygen atoms in total. The van der Waals surface area contributed by atoms with Crippen molar-refractivity contribution in [3.8, 4) is 0 Å². The van der Waals surface area contributed by atoms with E-state index in [1.165, 1.54) is 6.26 Å². The molecule has 1 rings (SSSR count). The van der Waals surface area contributed by atoms with Crippen LogP contribution in [-0.4, -0.2) is 25.7 Å². The van der Waals surface area contributed by atoms with Crippen LogP contribution in [0.4, 0.5) is 0 Å². The van der Waals surface area contributed by atoms with Crippen molar-refractivity contribution in [2.24, 2.45) is 0 Å². The van der Waals surface area contributed by atoms with E-state index < -0.39 is 0 Å². The fraction of sp³-hybridized carbons (Fsp3) is 0.444. The highest BCUT2D eigenvalue weighted by atomic mass is 79.9. The Kier molecular flexibility index (Phi) is 4.69. The zero-order chi connectivity index (χ0) is 10.4. The molecule has 0 aliphatic carbocycles. The number of rotatable bonds is 5. The first kappa shape index (κ1) is 11.3. The summed E-state index contributed by atoms with van der Waals surface area (Å²) in [5.41, 5.74) is 0.501. The Morgan fingerprint density at radius 1 is 1.71 bits per heavy atom. The van der Waals surface area contributed by atoms with Crippen LogP contribution in [0.25, 0.3) is 0 Å². The van der Waals surface area contributed by atoms with Crippen molar-refractivity contribution in [2.75, 3.05) is 19.8 Å². The van der Waals surface area contributed by atoms with Crippen molar-refractivity contribution in [2.45, 2.75) is 6.92 Å². The molecule has 5 heteroatoms. The van der Waals surface area contributed by atoms with Gasteiger partial charge in [-0.2, -0.15) is 0 Å². The van der Waals surface area contributed by atoms with Gasteiger partial charge in [0, 0.05) is 13.2 Å². The maximum atomic E-state index is 11.4. The van der Waals surface area contributed by atoms with E-state index in [1.54, 1.807) is 6.07 Å². The van der Waals surface area contributed by atoms with Gasteiger partial charge in [-0.3, -0.25) is 4.79 Å². The number of carbonyl (C=O) groups is 1. The Morgan fingerprint density at radius 2 is 2.50 bits per heavy atom. The molecule has 0 saturated heterocycles. The summed E-state index contributed by atoms with van der Waals surface area (Å²) in [6.07, 6.45) is 1.46. The van der Waals surface area contributed by atoms with Crippen LogP contribution in [0.1, 0.15) is 17.3 Å². The van der Waals surface area contributed by atoms with Crippen molar-refractivity contribution in [1.82, 2.24) is 5.32 Å². The minimum Gasteiger partial charge on any atom is -0.457 e. The maximum absolute atomic E-state index is 11.4.